The number of anilines is 1. The molecule has 1 N–H and O–H groups in total. The fourth-order valence-corrected chi connectivity index (χ4v) is 6.67. The Morgan fingerprint density at radius 1 is 0.615 bits per heavy atom. The number of hydrogen-bond acceptors (Lipinski definition) is 4. The predicted molar refractivity (Wildman–Crippen MR) is 200 cm³/mol. The lowest BCUT2D eigenvalue weighted by Gasteiger charge is -2.23. The first-order valence-electron chi connectivity index (χ1n) is 17.0. The first-order valence-corrected chi connectivity index (χ1v) is 17.0. The van der Waals surface area contributed by atoms with E-state index in [1.807, 2.05) is 101 Å². The van der Waals surface area contributed by atoms with Gasteiger partial charge in [-0.3, -0.25) is 14.2 Å². The lowest BCUT2D eigenvalue weighted by molar-refractivity contribution is 0.0981. The smallest absolute Gasteiger partial charge is 0.258 e. The molecule has 0 aliphatic rings. The molecule has 0 unspecified atom stereocenters. The lowest BCUT2D eigenvalue weighted by atomic mass is 9.99. The van der Waals surface area contributed by atoms with Crippen LogP contribution in [0.3, 0.4) is 0 Å². The van der Waals surface area contributed by atoms with Crippen LogP contribution in [-0.4, -0.2) is 43.7 Å². The van der Waals surface area contributed by atoms with E-state index in [-0.39, 0.29) is 30.7 Å². The summed E-state index contributed by atoms with van der Waals surface area (Å²) in [5.74, 6) is -0.796. The number of fused-ring (bicyclic) bond motifs is 2. The highest BCUT2D eigenvalue weighted by molar-refractivity contribution is 6.08. The Hall–Kier alpha value is -6.45. The molecule has 256 valence electrons. The number of aromatic nitrogens is 4. The topological polar surface area (TPSA) is 76.2 Å². The summed E-state index contributed by atoms with van der Waals surface area (Å²) < 4.78 is 30.6. The zero-order valence-electron chi connectivity index (χ0n) is 28.0. The van der Waals surface area contributed by atoms with Crippen molar-refractivity contribution in [1.29, 1.82) is 0 Å². The van der Waals surface area contributed by atoms with Gasteiger partial charge in [-0.1, -0.05) is 72.8 Å². The van der Waals surface area contributed by atoms with Gasteiger partial charge in [0.1, 0.15) is 11.6 Å². The Morgan fingerprint density at radius 3 is 1.65 bits per heavy atom. The minimum absolute atomic E-state index is 0.109. The molecule has 0 atom stereocenters. The number of carbonyl (C=O) groups is 1. The molecule has 6 aromatic carbocycles. The number of carbonyl (C=O) groups excluding carboxylic acids is 1. The second kappa shape index (κ2) is 14.0. The largest absolute Gasteiger partial charge is 0.395 e. The van der Waals surface area contributed by atoms with E-state index in [4.69, 9.17) is 10.2 Å². The van der Waals surface area contributed by atoms with Gasteiger partial charge < -0.3 is 10.0 Å². The van der Waals surface area contributed by atoms with Crippen molar-refractivity contribution in [2.45, 2.75) is 13.1 Å². The SMILES string of the molecule is O=C(c1cccc(-c2cccc3nn(Cc4ccc(F)cc4)cc23)c1)N(CCO)c1cccc(-c2cccc3nn(Cc4ccc(F)cc4)cc23)c1. The normalized spacial score (nSPS) is 11.4. The van der Waals surface area contributed by atoms with Gasteiger partial charge in [0.25, 0.3) is 5.91 Å². The Morgan fingerprint density at radius 2 is 1.12 bits per heavy atom. The molecule has 0 saturated heterocycles. The molecule has 52 heavy (non-hydrogen) atoms. The van der Waals surface area contributed by atoms with E-state index in [1.165, 1.54) is 24.3 Å². The van der Waals surface area contributed by atoms with Crippen molar-refractivity contribution in [2.24, 2.45) is 0 Å². The third-order valence-corrected chi connectivity index (χ3v) is 9.17. The fraction of sp³-hybridized carbons (Fsp3) is 0.0930. The van der Waals surface area contributed by atoms with E-state index in [0.29, 0.717) is 24.3 Å². The number of hydrogen-bond donors (Lipinski definition) is 1. The van der Waals surface area contributed by atoms with E-state index < -0.39 is 0 Å². The zero-order chi connectivity index (χ0) is 35.6. The molecule has 8 aromatic rings. The minimum atomic E-state index is -0.280. The summed E-state index contributed by atoms with van der Waals surface area (Å²) in [7, 11) is 0. The van der Waals surface area contributed by atoms with Crippen LogP contribution in [0.15, 0.2) is 146 Å². The lowest BCUT2D eigenvalue weighted by Crippen LogP contribution is -2.33. The van der Waals surface area contributed by atoms with Crippen LogP contribution in [0.1, 0.15) is 21.5 Å². The Balaban J connectivity index is 1.08. The van der Waals surface area contributed by atoms with Gasteiger partial charge in [-0.25, -0.2) is 8.78 Å². The third-order valence-electron chi connectivity index (χ3n) is 9.17. The van der Waals surface area contributed by atoms with Crippen LogP contribution in [0, 0.1) is 11.6 Å². The maximum Gasteiger partial charge on any atom is 0.258 e. The van der Waals surface area contributed by atoms with Crippen LogP contribution in [0.4, 0.5) is 14.5 Å². The van der Waals surface area contributed by atoms with E-state index in [9.17, 15) is 18.7 Å². The summed E-state index contributed by atoms with van der Waals surface area (Å²) >= 11 is 0. The summed E-state index contributed by atoms with van der Waals surface area (Å²) in [5.41, 5.74) is 8.29. The van der Waals surface area contributed by atoms with Crippen LogP contribution >= 0.6 is 0 Å². The molecular formula is C43H33F2N5O2. The molecule has 8 rings (SSSR count). The van der Waals surface area contributed by atoms with Gasteiger partial charge in [0.15, 0.2) is 0 Å². The predicted octanol–water partition coefficient (Wildman–Crippen LogP) is 8.73. The van der Waals surface area contributed by atoms with E-state index in [2.05, 4.69) is 0 Å². The summed E-state index contributed by atoms with van der Waals surface area (Å²) in [6, 6.07) is 39.8. The van der Waals surface area contributed by atoms with Gasteiger partial charge in [-0.15, -0.1) is 0 Å². The first kappa shape index (κ1) is 32.7. The molecule has 0 aliphatic carbocycles. The molecule has 0 saturated carbocycles. The molecule has 0 bridgehead atoms. The first-order chi connectivity index (χ1) is 25.4. The zero-order valence-corrected chi connectivity index (χ0v) is 28.0. The highest BCUT2D eigenvalue weighted by atomic mass is 19.1. The average Bonchev–Trinajstić information content (AvgIpc) is 3.79. The summed E-state index contributed by atoms with van der Waals surface area (Å²) in [6.07, 6.45) is 3.95. The fourth-order valence-electron chi connectivity index (χ4n) is 6.67. The molecule has 0 spiro atoms. The highest BCUT2D eigenvalue weighted by Crippen LogP contribution is 2.33. The Kier molecular flexibility index (Phi) is 8.84. The van der Waals surface area contributed by atoms with Gasteiger partial charge in [0.2, 0.25) is 0 Å². The quantitative estimate of drug-likeness (QED) is 0.156. The summed E-state index contributed by atoms with van der Waals surface area (Å²) in [4.78, 5) is 15.8. The van der Waals surface area contributed by atoms with Crippen molar-refractivity contribution in [2.75, 3.05) is 18.1 Å². The van der Waals surface area contributed by atoms with Crippen LogP contribution in [0.5, 0.6) is 0 Å². The standard InChI is InChI=1S/C43H33F2N5O2/c44-34-17-13-29(14-18-34)25-48-27-39-37(9-3-11-41(39)46-48)31-5-1-7-33(23-31)43(52)50(21-22-51)36-8-2-6-32(24-36)38-10-4-12-42-40(38)28-49(47-42)26-30-15-19-35(45)20-16-30/h1-20,23-24,27-28,51H,21-22,25-26H2. The molecule has 1 amide bonds. The van der Waals surface area contributed by atoms with Crippen molar-refractivity contribution >= 4 is 33.4 Å². The molecule has 7 nitrogen and oxygen atoms in total. The number of aliphatic hydroxyl groups is 1. The van der Waals surface area contributed by atoms with Crippen LogP contribution in [0.25, 0.3) is 44.1 Å². The van der Waals surface area contributed by atoms with Crippen molar-refractivity contribution in [3.8, 4) is 22.3 Å². The number of halogens is 2. The van der Waals surface area contributed by atoms with E-state index in [1.54, 1.807) is 35.2 Å². The number of rotatable bonds is 10. The Labute approximate surface area is 298 Å². The van der Waals surface area contributed by atoms with Crippen molar-refractivity contribution in [1.82, 2.24) is 19.6 Å². The van der Waals surface area contributed by atoms with Crippen LogP contribution < -0.4 is 4.90 Å². The van der Waals surface area contributed by atoms with Crippen molar-refractivity contribution in [3.05, 3.63) is 174 Å². The van der Waals surface area contributed by atoms with Crippen LogP contribution in [0.2, 0.25) is 0 Å². The molecule has 2 heterocycles. The van der Waals surface area contributed by atoms with Gasteiger partial charge in [0.05, 0.1) is 30.7 Å². The summed E-state index contributed by atoms with van der Waals surface area (Å²) in [5, 5.41) is 21.5. The highest BCUT2D eigenvalue weighted by Gasteiger charge is 2.20. The van der Waals surface area contributed by atoms with Gasteiger partial charge >= 0.3 is 0 Å². The van der Waals surface area contributed by atoms with E-state index >= 15 is 0 Å². The molecule has 0 fully saturated rings. The van der Waals surface area contributed by atoms with Gasteiger partial charge in [-0.05, 0) is 94.0 Å². The Bertz CT molecular complexity index is 2540. The number of nitrogens with zero attached hydrogens (tertiary/aromatic N) is 5. The molecule has 9 heteroatoms. The molecule has 0 radical (unpaired) electrons. The van der Waals surface area contributed by atoms with Gasteiger partial charge in [0, 0.05) is 41.0 Å². The summed E-state index contributed by atoms with van der Waals surface area (Å²) in [6.45, 7) is 0.889. The molecule has 2 aromatic heterocycles. The third kappa shape index (κ3) is 6.69. The second-order valence-corrected chi connectivity index (χ2v) is 12.7. The number of benzene rings is 6. The molecular weight excluding hydrogens is 657 g/mol. The monoisotopic (exact) mass is 689 g/mol. The number of amides is 1. The number of aliphatic hydroxyl groups excluding tert-OH is 1. The average molecular weight is 690 g/mol. The van der Waals surface area contributed by atoms with Crippen molar-refractivity contribution in [3.63, 3.8) is 0 Å². The second-order valence-electron chi connectivity index (χ2n) is 12.7. The minimum Gasteiger partial charge on any atom is -0.395 e. The van der Waals surface area contributed by atoms with Gasteiger partial charge in [-0.2, -0.15) is 10.2 Å². The van der Waals surface area contributed by atoms with Crippen molar-refractivity contribution < 1.29 is 18.7 Å². The maximum atomic E-state index is 14.2. The van der Waals surface area contributed by atoms with Crippen LogP contribution in [-0.2, 0) is 13.1 Å². The van der Waals surface area contributed by atoms with E-state index in [0.717, 1.165) is 55.2 Å². The maximum absolute atomic E-state index is 14.2. The molecule has 0 aliphatic heterocycles.